The Balaban J connectivity index is 1.94. The van der Waals surface area contributed by atoms with Crippen LogP contribution in [-0.4, -0.2) is 29.3 Å². The molecule has 24 heavy (non-hydrogen) atoms. The lowest BCUT2D eigenvalue weighted by molar-refractivity contribution is -0.198. The first-order valence-electron chi connectivity index (χ1n) is 8.38. The number of hydrogen-bond donors (Lipinski definition) is 2. The summed E-state index contributed by atoms with van der Waals surface area (Å²) >= 11 is 0. The summed E-state index contributed by atoms with van der Waals surface area (Å²) in [5.74, 6) is -3.23. The highest BCUT2D eigenvalue weighted by molar-refractivity contribution is 5.79. The third-order valence-electron chi connectivity index (χ3n) is 4.76. The number of carbonyl (C=O) groups excluding carboxylic acids is 1. The first kappa shape index (κ1) is 18.8. The molecule has 6 heteroatoms. The smallest absolute Gasteiger partial charge is 0.391 e. The van der Waals surface area contributed by atoms with Gasteiger partial charge in [0, 0.05) is 12.3 Å². The number of benzene rings is 1. The minimum absolute atomic E-state index is 0.00252. The molecule has 1 amide bonds. The zero-order chi connectivity index (χ0) is 17.7. The normalized spacial score (nSPS) is 24.2. The van der Waals surface area contributed by atoms with E-state index < -0.39 is 36.1 Å². The van der Waals surface area contributed by atoms with Gasteiger partial charge in [0.05, 0.1) is 18.1 Å². The van der Waals surface area contributed by atoms with E-state index in [4.69, 9.17) is 0 Å². The molecule has 0 aromatic heterocycles. The van der Waals surface area contributed by atoms with Crippen LogP contribution in [-0.2, 0) is 11.2 Å². The van der Waals surface area contributed by atoms with Crippen molar-refractivity contribution in [3.63, 3.8) is 0 Å². The van der Waals surface area contributed by atoms with E-state index in [0.29, 0.717) is 19.3 Å². The van der Waals surface area contributed by atoms with Gasteiger partial charge in [-0.1, -0.05) is 43.2 Å². The highest BCUT2D eigenvalue weighted by Gasteiger charge is 2.48. The Bertz CT molecular complexity index is 533. The summed E-state index contributed by atoms with van der Waals surface area (Å²) in [6.45, 7) is 1.62. The lowest BCUT2D eigenvalue weighted by Crippen LogP contribution is -2.48. The number of nitrogens with one attached hydrogen (secondary N) is 1. The quantitative estimate of drug-likeness (QED) is 0.860. The molecule has 4 atom stereocenters. The average Bonchev–Trinajstić information content (AvgIpc) is 2.55. The summed E-state index contributed by atoms with van der Waals surface area (Å²) in [6, 6.07) is 8.68. The maximum Gasteiger partial charge on any atom is 0.392 e. The van der Waals surface area contributed by atoms with Crippen LogP contribution in [0.15, 0.2) is 30.3 Å². The standard InChI is InChI=1S/C18H24F3NO2/c1-12(16(23)11-13-7-3-2-4-8-13)22-17(24)14-9-5-6-10-15(14)18(19,20)21/h2-4,7-8,12,14-16,23H,5-6,9-11H2,1H3,(H,22,24). The highest BCUT2D eigenvalue weighted by Crippen LogP contribution is 2.41. The van der Waals surface area contributed by atoms with E-state index in [1.165, 1.54) is 0 Å². The first-order valence-corrected chi connectivity index (χ1v) is 8.38. The Morgan fingerprint density at radius 2 is 1.88 bits per heavy atom. The van der Waals surface area contributed by atoms with Crippen LogP contribution in [0.4, 0.5) is 13.2 Å². The maximum atomic E-state index is 13.1. The minimum Gasteiger partial charge on any atom is -0.391 e. The largest absolute Gasteiger partial charge is 0.392 e. The van der Waals surface area contributed by atoms with Gasteiger partial charge in [-0.05, 0) is 25.3 Å². The molecule has 0 spiro atoms. The lowest BCUT2D eigenvalue weighted by atomic mass is 9.78. The molecule has 0 aliphatic heterocycles. The van der Waals surface area contributed by atoms with Crippen molar-refractivity contribution in [2.24, 2.45) is 11.8 Å². The fraction of sp³-hybridized carbons (Fsp3) is 0.611. The molecular formula is C18H24F3NO2. The van der Waals surface area contributed by atoms with Crippen molar-refractivity contribution in [2.45, 2.75) is 57.3 Å². The minimum atomic E-state index is -4.35. The predicted molar refractivity (Wildman–Crippen MR) is 85.3 cm³/mol. The van der Waals surface area contributed by atoms with E-state index in [1.54, 1.807) is 6.92 Å². The number of aliphatic hydroxyl groups is 1. The molecular weight excluding hydrogens is 319 g/mol. The zero-order valence-electron chi connectivity index (χ0n) is 13.7. The van der Waals surface area contributed by atoms with Crippen LogP contribution < -0.4 is 5.32 Å². The van der Waals surface area contributed by atoms with Gasteiger partial charge in [-0.15, -0.1) is 0 Å². The number of rotatable bonds is 5. The monoisotopic (exact) mass is 343 g/mol. The number of hydrogen-bond acceptors (Lipinski definition) is 2. The molecule has 2 N–H and O–H groups in total. The Morgan fingerprint density at radius 3 is 2.50 bits per heavy atom. The fourth-order valence-electron chi connectivity index (χ4n) is 3.30. The number of amides is 1. The molecule has 1 aliphatic rings. The first-order chi connectivity index (χ1) is 11.3. The second kappa shape index (κ2) is 8.01. The summed E-state index contributed by atoms with van der Waals surface area (Å²) < 4.78 is 39.3. The van der Waals surface area contributed by atoms with E-state index in [1.807, 2.05) is 30.3 Å². The number of aliphatic hydroxyl groups excluding tert-OH is 1. The molecule has 1 saturated carbocycles. The van der Waals surface area contributed by atoms with Crippen molar-refractivity contribution in [1.29, 1.82) is 0 Å². The van der Waals surface area contributed by atoms with Crippen LogP contribution in [0.1, 0.15) is 38.2 Å². The molecule has 2 rings (SSSR count). The van der Waals surface area contributed by atoms with E-state index >= 15 is 0 Å². The lowest BCUT2D eigenvalue weighted by Gasteiger charge is -2.33. The van der Waals surface area contributed by atoms with Gasteiger partial charge in [0.2, 0.25) is 5.91 Å². The summed E-state index contributed by atoms with van der Waals surface area (Å²) in [6.07, 6.45) is -3.47. The van der Waals surface area contributed by atoms with Gasteiger partial charge in [0.15, 0.2) is 0 Å². The van der Waals surface area contributed by atoms with Gasteiger partial charge in [-0.25, -0.2) is 0 Å². The van der Waals surface area contributed by atoms with Crippen molar-refractivity contribution in [1.82, 2.24) is 5.32 Å². The molecule has 0 saturated heterocycles. The van der Waals surface area contributed by atoms with Gasteiger partial charge < -0.3 is 10.4 Å². The van der Waals surface area contributed by atoms with E-state index in [0.717, 1.165) is 5.56 Å². The highest BCUT2D eigenvalue weighted by atomic mass is 19.4. The Labute approximate surface area is 140 Å². The molecule has 0 heterocycles. The summed E-state index contributed by atoms with van der Waals surface area (Å²) in [5.41, 5.74) is 0.914. The van der Waals surface area contributed by atoms with Gasteiger partial charge in [0.1, 0.15) is 0 Å². The van der Waals surface area contributed by atoms with Gasteiger partial charge in [0.25, 0.3) is 0 Å². The van der Waals surface area contributed by atoms with E-state index in [9.17, 15) is 23.1 Å². The summed E-state index contributed by atoms with van der Waals surface area (Å²) in [5, 5.41) is 12.8. The van der Waals surface area contributed by atoms with Gasteiger partial charge in [-0.3, -0.25) is 4.79 Å². The van der Waals surface area contributed by atoms with Crippen molar-refractivity contribution >= 4 is 5.91 Å². The molecule has 1 aromatic carbocycles. The molecule has 134 valence electrons. The second-order valence-corrected chi connectivity index (χ2v) is 6.59. The Hall–Kier alpha value is -1.56. The summed E-state index contributed by atoms with van der Waals surface area (Å²) in [4.78, 5) is 12.3. The Kier molecular flexibility index (Phi) is 6.27. The predicted octanol–water partition coefficient (Wildman–Crippen LogP) is 3.46. The van der Waals surface area contributed by atoms with E-state index in [-0.39, 0.29) is 12.8 Å². The molecule has 3 nitrogen and oxygen atoms in total. The van der Waals surface area contributed by atoms with Crippen LogP contribution in [0.3, 0.4) is 0 Å². The average molecular weight is 343 g/mol. The zero-order valence-corrected chi connectivity index (χ0v) is 13.7. The number of carbonyl (C=O) groups is 1. The summed E-state index contributed by atoms with van der Waals surface area (Å²) in [7, 11) is 0. The number of alkyl halides is 3. The maximum absolute atomic E-state index is 13.1. The molecule has 4 unspecified atom stereocenters. The molecule has 0 bridgehead atoms. The van der Waals surface area contributed by atoms with Crippen LogP contribution >= 0.6 is 0 Å². The van der Waals surface area contributed by atoms with Crippen LogP contribution in [0.2, 0.25) is 0 Å². The molecule has 1 aromatic rings. The second-order valence-electron chi connectivity index (χ2n) is 6.59. The van der Waals surface area contributed by atoms with Crippen molar-refractivity contribution in [3.05, 3.63) is 35.9 Å². The van der Waals surface area contributed by atoms with Crippen LogP contribution in [0.5, 0.6) is 0 Å². The van der Waals surface area contributed by atoms with Gasteiger partial charge in [-0.2, -0.15) is 13.2 Å². The topological polar surface area (TPSA) is 49.3 Å². The van der Waals surface area contributed by atoms with Crippen molar-refractivity contribution in [2.75, 3.05) is 0 Å². The van der Waals surface area contributed by atoms with Crippen LogP contribution in [0.25, 0.3) is 0 Å². The number of halogens is 3. The van der Waals surface area contributed by atoms with Crippen molar-refractivity contribution < 1.29 is 23.1 Å². The molecule has 1 fully saturated rings. The van der Waals surface area contributed by atoms with Gasteiger partial charge >= 0.3 is 6.18 Å². The third kappa shape index (κ3) is 4.97. The Morgan fingerprint density at radius 1 is 1.25 bits per heavy atom. The molecule has 0 radical (unpaired) electrons. The fourth-order valence-corrected chi connectivity index (χ4v) is 3.30. The SMILES string of the molecule is CC(NC(=O)C1CCCCC1C(F)(F)F)C(O)Cc1ccccc1. The third-order valence-corrected chi connectivity index (χ3v) is 4.76. The molecule has 1 aliphatic carbocycles. The van der Waals surface area contributed by atoms with Crippen molar-refractivity contribution in [3.8, 4) is 0 Å². The van der Waals surface area contributed by atoms with E-state index in [2.05, 4.69) is 5.32 Å². The van der Waals surface area contributed by atoms with Crippen LogP contribution in [0, 0.1) is 11.8 Å².